The molecule has 0 N–H and O–H groups in total. The molecule has 0 saturated carbocycles. The van der Waals surface area contributed by atoms with Gasteiger partial charge in [-0.1, -0.05) is 429 Å². The second-order valence-corrected chi connectivity index (χ2v) is 38.4. The number of hydrogen-bond acceptors (Lipinski definition) is 16. The lowest BCUT2D eigenvalue weighted by atomic mass is 9.87. The molecule has 11 aromatic rings. The molecule has 744 valence electrons. The highest BCUT2D eigenvalue weighted by Crippen LogP contribution is 2.28. The quantitative estimate of drug-likeness (QED) is 0.139. The van der Waals surface area contributed by atoms with Gasteiger partial charge < -0.3 is 0 Å². The fourth-order valence-electron chi connectivity index (χ4n) is 8.34. The number of pyridine rings is 3. The van der Waals surface area contributed by atoms with Gasteiger partial charge >= 0.3 is 0 Å². The Labute approximate surface area is 815 Å². The van der Waals surface area contributed by atoms with Gasteiger partial charge in [0.15, 0.2) is 0 Å². The van der Waals surface area contributed by atoms with Crippen molar-refractivity contribution < 1.29 is 0 Å². The van der Waals surface area contributed by atoms with Crippen LogP contribution in [0.5, 0.6) is 0 Å². The van der Waals surface area contributed by atoms with Crippen molar-refractivity contribution in [3.63, 3.8) is 0 Å². The molecule has 15 nitrogen and oxygen atoms in total. The van der Waals surface area contributed by atoms with E-state index in [1.54, 1.807) is 74.6 Å². The van der Waals surface area contributed by atoms with E-state index in [-0.39, 0.29) is 48.7 Å². The van der Waals surface area contributed by atoms with E-state index in [1.807, 2.05) is 249 Å². The van der Waals surface area contributed by atoms with Gasteiger partial charge in [-0.2, -0.15) is 20.4 Å². The zero-order valence-electron chi connectivity index (χ0n) is 95.1. The van der Waals surface area contributed by atoms with Gasteiger partial charge in [-0.05, 0) is 132 Å². The third kappa shape index (κ3) is 82.5. The predicted octanol–water partition coefficient (Wildman–Crippen LogP) is 35.1. The van der Waals surface area contributed by atoms with E-state index in [2.05, 4.69) is 376 Å². The molecule has 1 aromatic carbocycles. The van der Waals surface area contributed by atoms with Crippen LogP contribution >= 0.6 is 11.3 Å². The Morgan fingerprint density at radius 1 is 0.183 bits per heavy atom. The second-order valence-electron chi connectivity index (χ2n) is 37.4. The number of nitrogens with zero attached hydrogens (tertiary/aromatic N) is 15. The van der Waals surface area contributed by atoms with Crippen molar-refractivity contribution in [1.29, 1.82) is 0 Å². The molecule has 0 amide bonds. The Morgan fingerprint density at radius 3 is 0.794 bits per heavy atom. The van der Waals surface area contributed by atoms with E-state index in [0.29, 0.717) is 10.8 Å². The van der Waals surface area contributed by atoms with Crippen LogP contribution in [0.4, 0.5) is 0 Å². The van der Waals surface area contributed by atoms with E-state index < -0.39 is 0 Å². The summed E-state index contributed by atoms with van der Waals surface area (Å²) < 4.78 is 0. The third-order valence-electron chi connectivity index (χ3n) is 15.5. The Hall–Kier alpha value is -9.15. The lowest BCUT2D eigenvalue weighted by molar-refractivity contribution is 0.545. The van der Waals surface area contributed by atoms with Gasteiger partial charge in [0.1, 0.15) is 18.5 Å². The summed E-state index contributed by atoms with van der Waals surface area (Å²) in [6.45, 7) is 115. The molecule has 11 rings (SSSR count). The molecule has 10 aromatic heterocycles. The maximum Gasteiger partial charge on any atom is 0.133 e. The fraction of sp³-hybridized carbons (Fsp3) is 0.574. The molecule has 10 heterocycles. The normalized spacial score (nSPS) is 10.1. The maximum atomic E-state index is 4.25. The van der Waals surface area contributed by atoms with Gasteiger partial charge in [-0.3, -0.25) is 24.9 Å². The van der Waals surface area contributed by atoms with E-state index in [0.717, 1.165) is 28.6 Å². The summed E-state index contributed by atoms with van der Waals surface area (Å²) in [5.41, 5.74) is 12.8. The molecular weight excluding hydrogens is 1620 g/mol. The topological polar surface area (TPSA) is 193 Å². The molecule has 0 radical (unpaired) electrons. The van der Waals surface area contributed by atoms with E-state index in [9.17, 15) is 0 Å². The Morgan fingerprint density at radius 2 is 0.550 bits per heavy atom. The molecule has 131 heavy (non-hydrogen) atoms. The first-order valence-corrected chi connectivity index (χ1v) is 49.5. The highest BCUT2D eigenvalue weighted by molar-refractivity contribution is 7.10. The van der Waals surface area contributed by atoms with E-state index >= 15 is 0 Å². The maximum absolute atomic E-state index is 4.25. The van der Waals surface area contributed by atoms with Crippen LogP contribution in [0.1, 0.15) is 442 Å². The smallest absolute Gasteiger partial charge is 0.133 e. The van der Waals surface area contributed by atoms with Gasteiger partial charge in [0.25, 0.3) is 0 Å². The van der Waals surface area contributed by atoms with Crippen LogP contribution in [0.2, 0.25) is 0 Å². The first kappa shape index (κ1) is 145. The lowest BCUT2D eigenvalue weighted by Crippen LogP contribution is -2.14. The van der Waals surface area contributed by atoms with Crippen LogP contribution in [0.3, 0.4) is 0 Å². The summed E-state index contributed by atoms with van der Waals surface area (Å²) >= 11 is 1.83. The van der Waals surface area contributed by atoms with Crippen LogP contribution in [-0.2, 0) is 59.6 Å². The highest BCUT2D eigenvalue weighted by Gasteiger charge is 2.20. The molecule has 0 aliphatic heterocycles. The molecule has 0 fully saturated rings. The Bertz CT molecular complexity index is 3190. The van der Waals surface area contributed by atoms with Gasteiger partial charge in [-0.15, -0.1) is 11.3 Å². The fourth-order valence-corrected chi connectivity index (χ4v) is 9.15. The molecule has 0 unspecified atom stereocenters. The Kier molecular flexibility index (Phi) is 92.7. The van der Waals surface area contributed by atoms with Gasteiger partial charge in [0.2, 0.25) is 0 Å². The summed E-state index contributed by atoms with van der Waals surface area (Å²) in [5.74, 6) is 0.898. The largest absolute Gasteiger partial charge is 0.265 e. The minimum absolute atomic E-state index is 0.0707. The average Bonchev–Trinajstić information content (AvgIpc) is 1.38. The first-order valence-electron chi connectivity index (χ1n) is 48.6. The summed E-state index contributed by atoms with van der Waals surface area (Å²) in [6, 6.07) is 38.7. The van der Waals surface area contributed by atoms with E-state index in [4.69, 9.17) is 0 Å². The van der Waals surface area contributed by atoms with Gasteiger partial charge in [-0.25, -0.2) is 29.9 Å². The molecule has 0 aliphatic carbocycles. The summed E-state index contributed by atoms with van der Waals surface area (Å²) in [7, 11) is 0. The lowest BCUT2D eigenvalue weighted by Gasteiger charge is -2.18. The molecule has 16 heteroatoms. The molecule has 0 aliphatic rings. The second kappa shape index (κ2) is 83.9. The number of thiophene rings is 1. The van der Waals surface area contributed by atoms with Crippen LogP contribution in [0, 0.1) is 0 Å². The van der Waals surface area contributed by atoms with Crippen LogP contribution in [0.15, 0.2) is 232 Å². The summed E-state index contributed by atoms with van der Waals surface area (Å²) in [4.78, 5) is 46.0. The molecular formula is C115H203N15S. The number of benzene rings is 1. The van der Waals surface area contributed by atoms with Crippen LogP contribution in [0.25, 0.3) is 0 Å². The molecule has 0 saturated heterocycles. The van der Waals surface area contributed by atoms with Crippen molar-refractivity contribution >= 4 is 11.3 Å². The molecule has 0 bridgehead atoms. The summed E-state index contributed by atoms with van der Waals surface area (Å²) in [6.07, 6.45) is 31.8. The van der Waals surface area contributed by atoms with Gasteiger partial charge in [0.05, 0.1) is 17.6 Å². The highest BCUT2D eigenvalue weighted by atomic mass is 32.1. The van der Waals surface area contributed by atoms with Crippen molar-refractivity contribution in [2.24, 2.45) is 0 Å². The van der Waals surface area contributed by atoms with E-state index in [1.165, 1.54) is 32.7 Å². The van der Waals surface area contributed by atoms with Crippen molar-refractivity contribution in [1.82, 2.24) is 75.2 Å². The van der Waals surface area contributed by atoms with Crippen molar-refractivity contribution in [3.8, 4) is 0 Å². The average molecular weight is 1830 g/mol. The number of aromatic nitrogens is 15. The van der Waals surface area contributed by atoms with Crippen molar-refractivity contribution in [3.05, 3.63) is 294 Å². The van der Waals surface area contributed by atoms with Gasteiger partial charge in [0, 0.05) is 136 Å². The van der Waals surface area contributed by atoms with Crippen molar-refractivity contribution in [2.45, 2.75) is 440 Å². The number of hydrogen-bond donors (Lipinski definition) is 0. The standard InChI is InChI=1S/C10H14.3C9H13N.6C8H12N2.C8H12S.11C2H6/c1-10(2,3)9-7-5-4-6-8-9;1-9(2,3)8-4-6-10-7-5-8;1-9(2,3)8-5-4-6-10-7-8;1-9(2,3)8-6-4-5-7-10-8;1-8(2,3)7-4-9-6-10-5-7;1-8(2,3)7-6-9-4-5-10-7;1-8(2,3)7-4-5-9-6-10-7;1-8(2,3)7-4-5-9-10-6-7;1-8(2,3)7-9-5-4-6-10-7;1-8(2,3)7-5-4-6-9-10-7;1-8(2,3)7-5-4-6-9-7;11*1-2/h4-8H,1-3H3;3*4-7H,1-3H3;6*4-6H,1-3H3;4-6H,1-3H3;11*1-2H3. The van der Waals surface area contributed by atoms with Crippen molar-refractivity contribution in [2.75, 3.05) is 0 Å². The monoisotopic (exact) mass is 1830 g/mol. The van der Waals surface area contributed by atoms with Crippen LogP contribution < -0.4 is 0 Å². The molecule has 0 spiro atoms. The number of rotatable bonds is 0. The first-order chi connectivity index (χ1) is 61.2. The van der Waals surface area contributed by atoms with Crippen LogP contribution in [-0.4, -0.2) is 75.2 Å². The SMILES string of the molecule is CC.CC.CC.CC.CC.CC.CC.CC.CC.CC.CC.CC(C)(C)c1ccccc1.CC(C)(C)c1ccccn1.CC(C)(C)c1cccnc1.CC(C)(C)c1cccnn1.CC(C)(C)c1cccs1.CC(C)(C)c1ccncc1.CC(C)(C)c1ccncn1.CC(C)(C)c1ccnnc1.CC(C)(C)c1cnccn1.CC(C)(C)c1cncnc1.CC(C)(C)c1ncccn1. The zero-order valence-corrected chi connectivity index (χ0v) is 95.9. The zero-order chi connectivity index (χ0) is 105. The minimum Gasteiger partial charge on any atom is -0.265 e. The molecule has 0 atom stereocenters. The Balaban J connectivity index is -0.000000131. The third-order valence-corrected chi connectivity index (χ3v) is 16.8. The predicted molar refractivity (Wildman–Crippen MR) is 586 cm³/mol. The minimum atomic E-state index is 0.0707. The summed E-state index contributed by atoms with van der Waals surface area (Å²) in [5, 5.41) is 17.4.